The monoisotopic (exact) mass is 832 g/mol. The molecular weight excluding hydrogens is 797 g/mol. The number of aliphatic imine (C=N–C) groups is 2. The molecule has 13 aromatic rings. The first-order valence-electron chi connectivity index (χ1n) is 22.0. The summed E-state index contributed by atoms with van der Waals surface area (Å²) in [5, 5.41) is 8.82. The Hall–Kier alpha value is -8.74. The van der Waals surface area contributed by atoms with Gasteiger partial charge in [0.05, 0.1) is 55.8 Å². The molecule has 0 saturated carbocycles. The summed E-state index contributed by atoms with van der Waals surface area (Å²) in [5.74, 6) is 0.551. The van der Waals surface area contributed by atoms with Crippen LogP contribution < -0.4 is 0 Å². The Morgan fingerprint density at radius 3 is 1.52 bits per heavy atom. The summed E-state index contributed by atoms with van der Waals surface area (Å²) in [5.41, 5.74) is 13.8. The molecule has 1 aliphatic heterocycles. The molecule has 6 nitrogen and oxygen atoms in total. The van der Waals surface area contributed by atoms with Crippen LogP contribution in [-0.4, -0.2) is 20.7 Å². The third kappa shape index (κ3) is 5.28. The first kappa shape index (κ1) is 35.8. The minimum Gasteiger partial charge on any atom is -0.455 e. The van der Waals surface area contributed by atoms with Crippen molar-refractivity contribution >= 4 is 105 Å². The van der Waals surface area contributed by atoms with E-state index in [-0.39, 0.29) is 0 Å². The SMILES string of the molecule is C1=C(c2ccccc2)N=C(c2c(-n3c4ccccc4c4ccccc43)cc(-n3c4ccccc4c4ccccc43)c3c2oc2ccccc23)N=C(c2cccc3c2oc2ccccc23)C1. The van der Waals surface area contributed by atoms with Crippen molar-refractivity contribution < 1.29 is 8.83 Å². The first-order valence-corrected chi connectivity index (χ1v) is 22.0. The number of benzene rings is 9. The third-order valence-corrected chi connectivity index (χ3v) is 13.2. The molecule has 0 spiro atoms. The molecule has 0 radical (unpaired) electrons. The summed E-state index contributed by atoms with van der Waals surface area (Å²) in [7, 11) is 0. The van der Waals surface area contributed by atoms with Gasteiger partial charge in [0.1, 0.15) is 16.7 Å². The molecule has 0 bridgehead atoms. The summed E-state index contributed by atoms with van der Waals surface area (Å²) in [6, 6.07) is 70.4. The van der Waals surface area contributed by atoms with Crippen molar-refractivity contribution in [1.29, 1.82) is 0 Å². The van der Waals surface area contributed by atoms with Gasteiger partial charge in [0.15, 0.2) is 11.4 Å². The minimum atomic E-state index is 0.529. The van der Waals surface area contributed by atoms with Crippen molar-refractivity contribution in [3.8, 4) is 11.4 Å². The predicted molar refractivity (Wildman–Crippen MR) is 268 cm³/mol. The second-order valence-electron chi connectivity index (χ2n) is 16.8. The molecule has 0 fully saturated rings. The quantitative estimate of drug-likeness (QED) is 0.173. The maximum atomic E-state index is 7.28. The number of allylic oxidation sites excluding steroid dienone is 1. The van der Waals surface area contributed by atoms with Gasteiger partial charge in [0.25, 0.3) is 0 Å². The number of nitrogens with zero attached hydrogens (tertiary/aromatic N) is 4. The Bertz CT molecular complexity index is 4100. The fraction of sp³-hybridized carbons (Fsp3) is 0.0169. The number of aromatic nitrogens is 2. The summed E-state index contributed by atoms with van der Waals surface area (Å²) in [6.45, 7) is 0. The number of fused-ring (bicyclic) bond motifs is 12. The van der Waals surface area contributed by atoms with E-state index in [0.717, 1.165) is 111 Å². The molecule has 4 aromatic heterocycles. The van der Waals surface area contributed by atoms with E-state index >= 15 is 0 Å². The average molecular weight is 833 g/mol. The van der Waals surface area contributed by atoms with Crippen molar-refractivity contribution in [3.05, 3.63) is 223 Å². The lowest BCUT2D eigenvalue weighted by Crippen LogP contribution is -2.11. The Morgan fingerprint density at radius 2 is 0.892 bits per heavy atom. The number of rotatable bonds is 5. The zero-order valence-electron chi connectivity index (χ0n) is 34.9. The second kappa shape index (κ2) is 13.9. The molecule has 0 amide bonds. The van der Waals surface area contributed by atoms with Gasteiger partial charge in [-0.2, -0.15) is 0 Å². The fourth-order valence-corrected chi connectivity index (χ4v) is 10.4. The van der Waals surface area contributed by atoms with E-state index in [1.807, 2.05) is 24.3 Å². The lowest BCUT2D eigenvalue weighted by molar-refractivity contribution is 0.667. The van der Waals surface area contributed by atoms with Crippen molar-refractivity contribution in [2.24, 2.45) is 9.98 Å². The Balaban J connectivity index is 1.17. The largest absolute Gasteiger partial charge is 0.455 e. The molecule has 0 atom stereocenters. The second-order valence-corrected chi connectivity index (χ2v) is 16.8. The van der Waals surface area contributed by atoms with E-state index in [1.54, 1.807) is 0 Å². The van der Waals surface area contributed by atoms with E-state index in [0.29, 0.717) is 17.8 Å². The van der Waals surface area contributed by atoms with E-state index in [1.165, 1.54) is 10.8 Å². The highest BCUT2D eigenvalue weighted by Crippen LogP contribution is 2.45. The van der Waals surface area contributed by atoms with E-state index in [9.17, 15) is 0 Å². The molecule has 9 aromatic carbocycles. The van der Waals surface area contributed by atoms with Gasteiger partial charge in [-0.25, -0.2) is 9.98 Å². The number of amidine groups is 1. The molecule has 5 heterocycles. The fourth-order valence-electron chi connectivity index (χ4n) is 10.4. The standard InChI is InChI=1S/C59H36N4O2/c1-2-17-36(18-3-1)45-33-34-46(43-26-16-25-42-41-23-8-14-31-53(41)64-57(42)43)61-59(60-45)56-52(63-49-29-12-6-21-39(49)40-22-7-13-30-50(40)63)35-51(55-44-24-9-15-32-54(44)65-58(55)56)62-47-27-10-4-19-37(47)38-20-5-11-28-48(38)62/h1-33,35H,34H2. The molecule has 0 N–H and O–H groups in total. The van der Waals surface area contributed by atoms with Gasteiger partial charge in [-0.15, -0.1) is 0 Å². The van der Waals surface area contributed by atoms with Crippen LogP contribution >= 0.6 is 0 Å². The maximum absolute atomic E-state index is 7.28. The van der Waals surface area contributed by atoms with Gasteiger partial charge >= 0.3 is 0 Å². The van der Waals surface area contributed by atoms with Crippen molar-refractivity contribution in [3.63, 3.8) is 0 Å². The molecule has 0 aliphatic carbocycles. The smallest absolute Gasteiger partial charge is 0.165 e. The van der Waals surface area contributed by atoms with Crippen molar-refractivity contribution in [2.45, 2.75) is 6.42 Å². The Morgan fingerprint density at radius 1 is 0.400 bits per heavy atom. The summed E-state index contributed by atoms with van der Waals surface area (Å²) < 4.78 is 18.8. The third-order valence-electron chi connectivity index (χ3n) is 13.2. The highest BCUT2D eigenvalue weighted by Gasteiger charge is 2.29. The molecule has 304 valence electrons. The predicted octanol–water partition coefficient (Wildman–Crippen LogP) is 15.4. The number of para-hydroxylation sites is 7. The van der Waals surface area contributed by atoms with Crippen LogP contribution in [0.4, 0.5) is 0 Å². The van der Waals surface area contributed by atoms with E-state index in [4.69, 9.17) is 18.8 Å². The normalized spacial score (nSPS) is 13.4. The van der Waals surface area contributed by atoms with Gasteiger partial charge in [0.2, 0.25) is 0 Å². The molecule has 1 aliphatic rings. The minimum absolute atomic E-state index is 0.529. The van der Waals surface area contributed by atoms with Gasteiger partial charge < -0.3 is 18.0 Å². The highest BCUT2D eigenvalue weighted by atomic mass is 16.3. The van der Waals surface area contributed by atoms with Crippen LogP contribution in [0.3, 0.4) is 0 Å². The van der Waals surface area contributed by atoms with E-state index in [2.05, 4.69) is 191 Å². The van der Waals surface area contributed by atoms with Crippen LogP contribution in [0.25, 0.3) is 105 Å². The van der Waals surface area contributed by atoms with Crippen molar-refractivity contribution in [2.75, 3.05) is 0 Å². The first-order chi connectivity index (χ1) is 32.3. The van der Waals surface area contributed by atoms with Crippen LogP contribution in [0.5, 0.6) is 0 Å². The number of hydrogen-bond donors (Lipinski definition) is 0. The van der Waals surface area contributed by atoms with Crippen molar-refractivity contribution in [1.82, 2.24) is 9.13 Å². The van der Waals surface area contributed by atoms with Gasteiger partial charge in [-0.1, -0.05) is 158 Å². The lowest BCUT2D eigenvalue weighted by Gasteiger charge is -2.19. The average Bonchev–Trinajstić information content (AvgIpc) is 4.08. The van der Waals surface area contributed by atoms with Gasteiger partial charge in [-0.05, 0) is 54.1 Å². The topological polar surface area (TPSA) is 60.9 Å². The molecule has 6 heteroatoms. The van der Waals surface area contributed by atoms with Crippen LogP contribution in [0.2, 0.25) is 0 Å². The maximum Gasteiger partial charge on any atom is 0.165 e. The van der Waals surface area contributed by atoms with E-state index < -0.39 is 0 Å². The number of hydrogen-bond acceptors (Lipinski definition) is 4. The Labute approximate surface area is 371 Å². The molecule has 0 saturated heterocycles. The summed E-state index contributed by atoms with van der Waals surface area (Å²) in [6.07, 6.45) is 2.73. The molecule has 0 unspecified atom stereocenters. The van der Waals surface area contributed by atoms with Gasteiger partial charge in [-0.3, -0.25) is 0 Å². The lowest BCUT2D eigenvalue weighted by atomic mass is 10.0. The zero-order valence-corrected chi connectivity index (χ0v) is 34.9. The zero-order chi connectivity index (χ0) is 42.6. The Kier molecular flexibility index (Phi) is 7.65. The van der Waals surface area contributed by atoms with Crippen LogP contribution in [-0.2, 0) is 0 Å². The van der Waals surface area contributed by atoms with Gasteiger partial charge in [0, 0.05) is 49.7 Å². The van der Waals surface area contributed by atoms with Crippen LogP contribution in [0.15, 0.2) is 225 Å². The molecular formula is C59H36N4O2. The molecule has 65 heavy (non-hydrogen) atoms. The van der Waals surface area contributed by atoms with Crippen LogP contribution in [0.1, 0.15) is 23.1 Å². The molecule has 14 rings (SSSR count). The number of furan rings is 2. The summed E-state index contributed by atoms with van der Waals surface area (Å²) >= 11 is 0. The highest BCUT2D eigenvalue weighted by molar-refractivity contribution is 6.27. The van der Waals surface area contributed by atoms with Crippen LogP contribution in [0, 0.1) is 0 Å². The summed E-state index contributed by atoms with van der Waals surface area (Å²) in [4.78, 5) is 11.4.